The van der Waals surface area contributed by atoms with E-state index in [9.17, 15) is 18.4 Å². The van der Waals surface area contributed by atoms with E-state index in [1.807, 2.05) is 13.8 Å². The number of anilines is 1. The summed E-state index contributed by atoms with van der Waals surface area (Å²) in [7, 11) is 0. The van der Waals surface area contributed by atoms with E-state index in [0.29, 0.717) is 22.5 Å². The van der Waals surface area contributed by atoms with Crippen LogP contribution in [0.15, 0.2) is 52.4 Å². The summed E-state index contributed by atoms with van der Waals surface area (Å²) in [6, 6.07) is 10.2. The molecule has 0 saturated carbocycles. The zero-order valence-electron chi connectivity index (χ0n) is 15.4. The fourth-order valence-corrected chi connectivity index (χ4v) is 3.62. The molecule has 28 heavy (non-hydrogen) atoms. The Morgan fingerprint density at radius 1 is 1.18 bits per heavy atom. The summed E-state index contributed by atoms with van der Waals surface area (Å²) in [5, 5.41) is 3.13. The highest BCUT2D eigenvalue weighted by molar-refractivity contribution is 7.99. The molecule has 1 aromatic heterocycles. The zero-order chi connectivity index (χ0) is 20.3. The summed E-state index contributed by atoms with van der Waals surface area (Å²) in [6.45, 7) is 3.85. The quantitative estimate of drug-likeness (QED) is 0.490. The molecule has 0 saturated heterocycles. The molecule has 8 heteroatoms. The number of rotatable bonds is 6. The number of aromatic nitrogens is 2. The van der Waals surface area contributed by atoms with Crippen molar-refractivity contribution in [3.8, 4) is 0 Å². The predicted octanol–water partition coefficient (Wildman–Crippen LogP) is 4.38. The molecule has 1 heterocycles. The summed E-state index contributed by atoms with van der Waals surface area (Å²) >= 11 is 1.05. The predicted molar refractivity (Wildman–Crippen MR) is 107 cm³/mol. The average molecular weight is 403 g/mol. The molecule has 3 rings (SSSR count). The summed E-state index contributed by atoms with van der Waals surface area (Å²) in [6.07, 6.45) is 0.708. The lowest BCUT2D eigenvalue weighted by molar-refractivity contribution is -0.113. The highest BCUT2D eigenvalue weighted by Crippen LogP contribution is 2.23. The van der Waals surface area contributed by atoms with Gasteiger partial charge in [0.1, 0.15) is 17.3 Å². The van der Waals surface area contributed by atoms with Crippen molar-refractivity contribution in [2.75, 3.05) is 11.1 Å². The molecule has 1 amide bonds. The lowest BCUT2D eigenvalue weighted by atomic mass is 10.2. The Labute approximate surface area is 164 Å². The Bertz CT molecular complexity index is 1060. The van der Waals surface area contributed by atoms with Gasteiger partial charge in [0.05, 0.1) is 16.7 Å². The van der Waals surface area contributed by atoms with Gasteiger partial charge in [-0.15, -0.1) is 0 Å². The van der Waals surface area contributed by atoms with E-state index in [2.05, 4.69) is 10.3 Å². The fraction of sp³-hybridized carbons (Fsp3) is 0.250. The van der Waals surface area contributed by atoms with Crippen molar-refractivity contribution in [1.82, 2.24) is 9.55 Å². The van der Waals surface area contributed by atoms with Crippen molar-refractivity contribution in [3.05, 3.63) is 64.5 Å². The smallest absolute Gasteiger partial charge is 0.262 e. The van der Waals surface area contributed by atoms with E-state index in [1.165, 1.54) is 6.07 Å². The number of carbonyl (C=O) groups excluding carboxylic acids is 1. The van der Waals surface area contributed by atoms with E-state index in [4.69, 9.17) is 0 Å². The topological polar surface area (TPSA) is 64.0 Å². The lowest BCUT2D eigenvalue weighted by Gasteiger charge is -2.18. The van der Waals surface area contributed by atoms with Crippen molar-refractivity contribution in [2.24, 2.45) is 0 Å². The van der Waals surface area contributed by atoms with E-state index in [1.54, 1.807) is 28.8 Å². The number of hydrogen-bond acceptors (Lipinski definition) is 4. The summed E-state index contributed by atoms with van der Waals surface area (Å²) in [5.74, 6) is -2.43. The number of fused-ring (bicyclic) bond motifs is 1. The normalized spacial score (nSPS) is 12.1. The number of amides is 1. The van der Waals surface area contributed by atoms with Crippen LogP contribution in [0.25, 0.3) is 10.9 Å². The molecule has 2 aromatic carbocycles. The SMILES string of the molecule is CC[C@H](C)n1c(SCC(=O)Nc2c(F)cccc2F)nc2ccccc2c1=O. The largest absolute Gasteiger partial charge is 0.320 e. The maximum atomic E-state index is 13.7. The van der Waals surface area contributed by atoms with Gasteiger partial charge in [0.15, 0.2) is 5.16 Å². The molecule has 1 N–H and O–H groups in total. The molecule has 0 aliphatic heterocycles. The van der Waals surface area contributed by atoms with Gasteiger partial charge in [0.2, 0.25) is 5.91 Å². The maximum absolute atomic E-state index is 13.7. The van der Waals surface area contributed by atoms with Crippen molar-refractivity contribution in [1.29, 1.82) is 0 Å². The number of nitrogens with zero attached hydrogens (tertiary/aromatic N) is 2. The Hall–Kier alpha value is -2.74. The summed E-state index contributed by atoms with van der Waals surface area (Å²) < 4.78 is 29.0. The number of hydrogen-bond donors (Lipinski definition) is 1. The Morgan fingerprint density at radius 3 is 2.54 bits per heavy atom. The zero-order valence-corrected chi connectivity index (χ0v) is 16.2. The first-order chi connectivity index (χ1) is 13.4. The first-order valence-corrected chi connectivity index (χ1v) is 9.78. The van der Waals surface area contributed by atoms with Gasteiger partial charge in [-0.1, -0.05) is 36.9 Å². The molecule has 0 bridgehead atoms. The molecular formula is C20H19F2N3O2S. The lowest BCUT2D eigenvalue weighted by Crippen LogP contribution is -2.26. The molecule has 0 radical (unpaired) electrons. The standard InChI is InChI=1S/C20H19F2N3O2S/c1-3-12(2)25-19(27)13-7-4-5-10-16(13)23-20(25)28-11-17(26)24-18-14(21)8-6-9-15(18)22/h4-10,12H,3,11H2,1-2H3,(H,24,26)/t12-/m0/s1. The molecule has 3 aromatic rings. The molecule has 1 atom stereocenters. The van der Waals surface area contributed by atoms with Gasteiger partial charge in [-0.2, -0.15) is 0 Å². The second kappa shape index (κ2) is 8.52. The first kappa shape index (κ1) is 20.0. The average Bonchev–Trinajstić information content (AvgIpc) is 2.69. The number of carbonyl (C=O) groups is 1. The van der Waals surface area contributed by atoms with Gasteiger partial charge in [-0.3, -0.25) is 14.2 Å². The van der Waals surface area contributed by atoms with Gasteiger partial charge in [0.25, 0.3) is 5.56 Å². The minimum atomic E-state index is -0.848. The van der Waals surface area contributed by atoms with Crippen LogP contribution in [0.3, 0.4) is 0 Å². The third-order valence-electron chi connectivity index (χ3n) is 4.37. The number of para-hydroxylation sites is 2. The second-order valence-electron chi connectivity index (χ2n) is 6.28. The van der Waals surface area contributed by atoms with Crippen LogP contribution in [0.2, 0.25) is 0 Å². The molecule has 0 aliphatic carbocycles. The fourth-order valence-electron chi connectivity index (χ4n) is 2.72. The van der Waals surface area contributed by atoms with Crippen LogP contribution in [0.4, 0.5) is 14.5 Å². The monoisotopic (exact) mass is 403 g/mol. The van der Waals surface area contributed by atoms with Crippen LogP contribution in [0, 0.1) is 11.6 Å². The van der Waals surface area contributed by atoms with Crippen molar-refractivity contribution in [3.63, 3.8) is 0 Å². The first-order valence-electron chi connectivity index (χ1n) is 8.80. The van der Waals surface area contributed by atoms with Crippen molar-refractivity contribution in [2.45, 2.75) is 31.5 Å². The molecule has 0 fully saturated rings. The summed E-state index contributed by atoms with van der Waals surface area (Å²) in [5.41, 5.74) is -0.128. The van der Waals surface area contributed by atoms with Gasteiger partial charge in [0, 0.05) is 6.04 Å². The van der Waals surface area contributed by atoms with Crippen LogP contribution in [-0.2, 0) is 4.79 Å². The van der Waals surface area contributed by atoms with Crippen LogP contribution < -0.4 is 10.9 Å². The van der Waals surface area contributed by atoms with Gasteiger partial charge in [-0.05, 0) is 37.6 Å². The van der Waals surface area contributed by atoms with E-state index in [-0.39, 0.29) is 17.4 Å². The van der Waals surface area contributed by atoms with Gasteiger partial charge in [-0.25, -0.2) is 13.8 Å². The van der Waals surface area contributed by atoms with Crippen LogP contribution in [0.5, 0.6) is 0 Å². The Morgan fingerprint density at radius 2 is 1.86 bits per heavy atom. The molecule has 0 unspecified atom stereocenters. The molecular weight excluding hydrogens is 384 g/mol. The number of halogens is 2. The minimum absolute atomic E-state index is 0.112. The molecule has 0 spiro atoms. The van der Waals surface area contributed by atoms with Crippen molar-refractivity contribution < 1.29 is 13.6 Å². The summed E-state index contributed by atoms with van der Waals surface area (Å²) in [4.78, 5) is 29.6. The maximum Gasteiger partial charge on any atom is 0.262 e. The highest BCUT2D eigenvalue weighted by Gasteiger charge is 2.18. The number of benzene rings is 2. The van der Waals surface area contributed by atoms with Gasteiger partial charge < -0.3 is 5.32 Å². The molecule has 0 aliphatic rings. The third-order valence-corrected chi connectivity index (χ3v) is 5.32. The Kier molecular flexibility index (Phi) is 6.08. The molecule has 146 valence electrons. The van der Waals surface area contributed by atoms with Crippen molar-refractivity contribution >= 4 is 34.3 Å². The van der Waals surface area contributed by atoms with Gasteiger partial charge >= 0.3 is 0 Å². The van der Waals surface area contributed by atoms with Crippen LogP contribution in [0.1, 0.15) is 26.3 Å². The van der Waals surface area contributed by atoms with Crippen LogP contribution in [-0.4, -0.2) is 21.2 Å². The van der Waals surface area contributed by atoms with E-state index < -0.39 is 23.2 Å². The Balaban J connectivity index is 1.87. The van der Waals surface area contributed by atoms with Crippen LogP contribution >= 0.6 is 11.8 Å². The van der Waals surface area contributed by atoms with E-state index in [0.717, 1.165) is 23.9 Å². The highest BCUT2D eigenvalue weighted by atomic mass is 32.2. The minimum Gasteiger partial charge on any atom is -0.320 e. The van der Waals surface area contributed by atoms with E-state index >= 15 is 0 Å². The third kappa shape index (κ3) is 4.06. The number of thioether (sulfide) groups is 1. The number of nitrogens with one attached hydrogen (secondary N) is 1. The second-order valence-corrected chi connectivity index (χ2v) is 7.22. The molecule has 5 nitrogen and oxygen atoms in total.